The lowest BCUT2D eigenvalue weighted by atomic mass is 9.95. The van der Waals surface area contributed by atoms with Crippen molar-refractivity contribution in [2.75, 3.05) is 11.4 Å². The summed E-state index contributed by atoms with van der Waals surface area (Å²) >= 11 is 0. The number of amides is 1. The van der Waals surface area contributed by atoms with Crippen molar-refractivity contribution in [3.05, 3.63) is 59.4 Å². The van der Waals surface area contributed by atoms with E-state index in [4.69, 9.17) is 11.5 Å². The van der Waals surface area contributed by atoms with Crippen LogP contribution in [0.25, 0.3) is 5.65 Å². The molecule has 27 heavy (non-hydrogen) atoms. The van der Waals surface area contributed by atoms with E-state index in [1.54, 1.807) is 12.3 Å². The number of nitrogens with two attached hydrogens (primary N) is 2. The number of hydrogen-bond acceptors (Lipinski definition) is 6. The van der Waals surface area contributed by atoms with Crippen molar-refractivity contribution >= 4 is 17.4 Å². The van der Waals surface area contributed by atoms with Crippen LogP contribution in [0.15, 0.2) is 36.7 Å². The summed E-state index contributed by atoms with van der Waals surface area (Å²) in [5.41, 5.74) is 10.4. The van der Waals surface area contributed by atoms with Crippen LogP contribution < -0.4 is 16.4 Å². The highest BCUT2D eigenvalue weighted by Gasteiger charge is 2.47. The lowest BCUT2D eigenvalue weighted by molar-refractivity contribution is 0.100. The predicted octanol–water partition coefficient (Wildman–Crippen LogP) is 0.489. The van der Waals surface area contributed by atoms with Gasteiger partial charge < -0.3 is 21.5 Å². The van der Waals surface area contributed by atoms with E-state index in [2.05, 4.69) is 10.1 Å². The molecule has 1 aromatic carbocycles. The highest BCUT2D eigenvalue weighted by Crippen LogP contribution is 2.40. The van der Waals surface area contributed by atoms with Crippen molar-refractivity contribution in [1.82, 2.24) is 14.6 Å². The summed E-state index contributed by atoms with van der Waals surface area (Å²) in [5, 5.41) is 14.5. The molecule has 10 heteroatoms. The summed E-state index contributed by atoms with van der Waals surface area (Å²) in [6, 6.07) is 4.51. The van der Waals surface area contributed by atoms with Crippen molar-refractivity contribution in [1.29, 1.82) is 0 Å². The number of benzene rings is 1. The van der Waals surface area contributed by atoms with Crippen molar-refractivity contribution in [2.24, 2.45) is 11.5 Å². The third kappa shape index (κ3) is 2.61. The van der Waals surface area contributed by atoms with E-state index in [9.17, 15) is 18.7 Å². The fraction of sp³-hybridized carbons (Fsp3) is 0.235. The number of primary amides is 1. The molecule has 2 aromatic heterocycles. The van der Waals surface area contributed by atoms with Crippen molar-refractivity contribution in [3.8, 4) is 0 Å². The zero-order valence-corrected chi connectivity index (χ0v) is 14.0. The van der Waals surface area contributed by atoms with Gasteiger partial charge in [0, 0.05) is 30.9 Å². The molecule has 0 unspecified atom stereocenters. The first-order valence-corrected chi connectivity index (χ1v) is 8.14. The molecular weight excluding hydrogens is 358 g/mol. The van der Waals surface area contributed by atoms with Crippen molar-refractivity contribution in [3.63, 3.8) is 0 Å². The first kappa shape index (κ1) is 17.3. The molecule has 0 bridgehead atoms. The lowest BCUT2D eigenvalue weighted by Crippen LogP contribution is -2.50. The summed E-state index contributed by atoms with van der Waals surface area (Å²) in [6.45, 7) is -0.0450. The zero-order chi connectivity index (χ0) is 19.3. The van der Waals surface area contributed by atoms with Gasteiger partial charge in [-0.15, -0.1) is 5.10 Å². The summed E-state index contributed by atoms with van der Waals surface area (Å²) in [5.74, 6) is -2.17. The van der Waals surface area contributed by atoms with Gasteiger partial charge in [-0.05, 0) is 24.3 Å². The summed E-state index contributed by atoms with van der Waals surface area (Å²) < 4.78 is 29.6. The van der Waals surface area contributed by atoms with Crippen molar-refractivity contribution in [2.45, 2.75) is 18.2 Å². The molecule has 2 atom stereocenters. The van der Waals surface area contributed by atoms with Gasteiger partial charge in [0.1, 0.15) is 22.9 Å². The van der Waals surface area contributed by atoms with Crippen LogP contribution in [0.4, 0.5) is 14.6 Å². The number of carbonyl (C=O) groups is 1. The SMILES string of the molecule is NC(=O)c1c(N2C[C@@H](O)C[C@]2(N)c2cc(F)ccc2F)nn2cccnc12. The molecule has 3 heterocycles. The van der Waals surface area contributed by atoms with E-state index in [-0.39, 0.29) is 35.6 Å². The molecule has 5 N–H and O–H groups in total. The monoisotopic (exact) mass is 374 g/mol. The maximum absolute atomic E-state index is 14.5. The number of aromatic nitrogens is 3. The van der Waals surface area contributed by atoms with Crippen LogP contribution in [-0.4, -0.2) is 38.3 Å². The smallest absolute Gasteiger partial charge is 0.256 e. The first-order chi connectivity index (χ1) is 12.8. The number of β-amino-alcohol motifs (C(OH)–C–C–N with tert-alkyl or cyclic N) is 1. The van der Waals surface area contributed by atoms with Crippen LogP contribution in [0.2, 0.25) is 0 Å². The molecule has 0 aliphatic carbocycles. The molecule has 1 saturated heterocycles. The Hall–Kier alpha value is -3.11. The molecule has 3 aromatic rings. The lowest BCUT2D eigenvalue weighted by Gasteiger charge is -2.35. The molecule has 4 rings (SSSR count). The third-order valence-corrected chi connectivity index (χ3v) is 4.70. The predicted molar refractivity (Wildman–Crippen MR) is 91.7 cm³/mol. The molecule has 1 fully saturated rings. The maximum atomic E-state index is 14.5. The molecule has 0 saturated carbocycles. The standard InChI is InChI=1S/C17H16F2N6O2/c18-9-2-3-12(19)11(6-9)17(21)7-10(26)8-24(17)16-13(14(20)27)15-22-4-1-5-25(15)23-16/h1-6,10,26H,7-8,21H2,(H2,20,27)/t10-,17+/m0/s1. The van der Waals surface area contributed by atoms with E-state index in [1.807, 2.05) is 0 Å². The Morgan fingerprint density at radius 3 is 2.89 bits per heavy atom. The number of carbonyl (C=O) groups excluding carboxylic acids is 1. The van der Waals surface area contributed by atoms with E-state index in [0.29, 0.717) is 0 Å². The Morgan fingerprint density at radius 2 is 2.15 bits per heavy atom. The Bertz CT molecular complexity index is 1060. The Kier molecular flexibility index (Phi) is 3.82. The van der Waals surface area contributed by atoms with Gasteiger partial charge in [0.05, 0.1) is 6.10 Å². The second kappa shape index (κ2) is 5.96. The van der Waals surface area contributed by atoms with Crippen LogP contribution in [0.1, 0.15) is 22.3 Å². The molecule has 0 radical (unpaired) electrons. The number of fused-ring (bicyclic) bond motifs is 1. The topological polar surface area (TPSA) is 123 Å². The number of halogens is 2. The van der Waals surface area contributed by atoms with Gasteiger partial charge in [0.25, 0.3) is 5.91 Å². The maximum Gasteiger partial charge on any atom is 0.256 e. The van der Waals surface area contributed by atoms with Gasteiger partial charge in [-0.1, -0.05) is 0 Å². The summed E-state index contributed by atoms with van der Waals surface area (Å²) in [7, 11) is 0. The number of rotatable bonds is 3. The average molecular weight is 374 g/mol. The normalized spacial score (nSPS) is 22.5. The van der Waals surface area contributed by atoms with Crippen LogP contribution in [0, 0.1) is 11.6 Å². The van der Waals surface area contributed by atoms with Crippen LogP contribution in [0.5, 0.6) is 0 Å². The number of hydrogen-bond donors (Lipinski definition) is 3. The van der Waals surface area contributed by atoms with E-state index in [0.717, 1.165) is 18.2 Å². The van der Waals surface area contributed by atoms with E-state index >= 15 is 0 Å². The highest BCUT2D eigenvalue weighted by molar-refractivity contribution is 6.04. The van der Waals surface area contributed by atoms with Gasteiger partial charge in [-0.2, -0.15) is 0 Å². The molecule has 8 nitrogen and oxygen atoms in total. The minimum Gasteiger partial charge on any atom is -0.391 e. The van der Waals surface area contributed by atoms with Gasteiger partial charge in [0.15, 0.2) is 11.5 Å². The van der Waals surface area contributed by atoms with Crippen LogP contribution in [-0.2, 0) is 5.66 Å². The molecular formula is C17H16F2N6O2. The second-order valence-corrected chi connectivity index (χ2v) is 6.47. The molecule has 0 spiro atoms. The fourth-order valence-corrected chi connectivity index (χ4v) is 3.55. The average Bonchev–Trinajstić information content (AvgIpc) is 3.14. The first-order valence-electron chi connectivity index (χ1n) is 8.14. The Balaban J connectivity index is 1.95. The van der Waals surface area contributed by atoms with Crippen molar-refractivity contribution < 1.29 is 18.7 Å². The largest absolute Gasteiger partial charge is 0.391 e. The highest BCUT2D eigenvalue weighted by atomic mass is 19.1. The van der Waals surface area contributed by atoms with Gasteiger partial charge in [-0.25, -0.2) is 18.3 Å². The molecule has 1 aliphatic heterocycles. The third-order valence-electron chi connectivity index (χ3n) is 4.70. The van der Waals surface area contributed by atoms with Crippen LogP contribution in [0.3, 0.4) is 0 Å². The summed E-state index contributed by atoms with van der Waals surface area (Å²) in [6.07, 6.45) is 1.99. The second-order valence-electron chi connectivity index (χ2n) is 6.47. The number of nitrogens with zero attached hydrogens (tertiary/aromatic N) is 4. The minimum atomic E-state index is -1.63. The van der Waals surface area contributed by atoms with Gasteiger partial charge in [-0.3, -0.25) is 4.79 Å². The molecule has 140 valence electrons. The zero-order valence-electron chi connectivity index (χ0n) is 14.0. The van der Waals surface area contributed by atoms with E-state index < -0.39 is 29.3 Å². The molecule has 1 amide bonds. The minimum absolute atomic E-state index is 0.0173. The summed E-state index contributed by atoms with van der Waals surface area (Å²) in [4.78, 5) is 17.5. The number of anilines is 1. The fourth-order valence-electron chi connectivity index (χ4n) is 3.55. The quantitative estimate of drug-likeness (QED) is 0.613. The Labute approximate surface area is 152 Å². The number of aliphatic hydroxyl groups is 1. The number of aliphatic hydroxyl groups excluding tert-OH is 1. The Morgan fingerprint density at radius 1 is 1.37 bits per heavy atom. The van der Waals surface area contributed by atoms with Gasteiger partial charge in [0.2, 0.25) is 0 Å². The molecule has 1 aliphatic rings. The van der Waals surface area contributed by atoms with Gasteiger partial charge >= 0.3 is 0 Å². The van der Waals surface area contributed by atoms with E-state index in [1.165, 1.54) is 15.6 Å². The van der Waals surface area contributed by atoms with Crippen LogP contribution >= 0.6 is 0 Å².